The molecule has 2 aromatic carbocycles. The van der Waals surface area contributed by atoms with Crippen LogP contribution in [0.5, 0.6) is 11.5 Å². The molecular formula is C22H26O4. The number of carboxylic acid groups (broad SMARTS) is 1. The molecule has 0 bridgehead atoms. The molecule has 2 atom stereocenters. The van der Waals surface area contributed by atoms with Gasteiger partial charge in [-0.05, 0) is 66.0 Å². The van der Waals surface area contributed by atoms with Crippen molar-refractivity contribution in [3.8, 4) is 11.5 Å². The summed E-state index contributed by atoms with van der Waals surface area (Å²) in [4.78, 5) is 10.8. The van der Waals surface area contributed by atoms with Crippen LogP contribution in [0.1, 0.15) is 51.2 Å². The highest BCUT2D eigenvalue weighted by Gasteiger charge is 2.45. The van der Waals surface area contributed by atoms with Crippen LogP contribution in [0.4, 0.5) is 4.79 Å². The van der Waals surface area contributed by atoms with Crippen molar-refractivity contribution in [2.45, 2.75) is 45.4 Å². The van der Waals surface area contributed by atoms with E-state index in [9.17, 15) is 9.90 Å². The van der Waals surface area contributed by atoms with Crippen molar-refractivity contribution < 1.29 is 19.7 Å². The largest absolute Gasteiger partial charge is 0.511 e. The number of carbonyl (C=O) groups is 1. The summed E-state index contributed by atoms with van der Waals surface area (Å²) >= 11 is 0. The van der Waals surface area contributed by atoms with Crippen molar-refractivity contribution >= 4 is 6.16 Å². The molecule has 138 valence electrons. The molecule has 0 aliphatic heterocycles. The quantitative estimate of drug-likeness (QED) is 0.558. The van der Waals surface area contributed by atoms with Crippen LogP contribution in [0.2, 0.25) is 0 Å². The Morgan fingerprint density at radius 3 is 2.04 bits per heavy atom. The summed E-state index contributed by atoms with van der Waals surface area (Å²) in [5.41, 5.74) is 2.35. The predicted octanol–water partition coefficient (Wildman–Crippen LogP) is 5.58. The van der Waals surface area contributed by atoms with Gasteiger partial charge in [0.1, 0.15) is 11.5 Å². The summed E-state index contributed by atoms with van der Waals surface area (Å²) in [5.74, 6) is 1.14. The van der Waals surface area contributed by atoms with Crippen LogP contribution >= 0.6 is 0 Å². The van der Waals surface area contributed by atoms with Gasteiger partial charge in [-0.2, -0.15) is 0 Å². The second kappa shape index (κ2) is 6.67. The SMILES string of the molecule is CC1CC(C)(C)CC(c2ccc(O)cc2)(c2ccc(OC(=O)O)cc2)C1. The van der Waals surface area contributed by atoms with Crippen molar-refractivity contribution in [1.82, 2.24) is 0 Å². The van der Waals surface area contributed by atoms with Gasteiger partial charge < -0.3 is 14.9 Å². The van der Waals surface area contributed by atoms with Gasteiger partial charge in [-0.25, -0.2) is 4.79 Å². The number of phenolic OH excluding ortho intramolecular Hbond substituents is 1. The molecule has 2 unspecified atom stereocenters. The maximum atomic E-state index is 10.8. The van der Waals surface area contributed by atoms with E-state index in [0.29, 0.717) is 11.7 Å². The van der Waals surface area contributed by atoms with Crippen molar-refractivity contribution in [3.05, 3.63) is 59.7 Å². The normalized spacial score (nSPS) is 24.8. The third-order valence-electron chi connectivity index (χ3n) is 5.41. The van der Waals surface area contributed by atoms with Crippen molar-refractivity contribution in [2.75, 3.05) is 0 Å². The van der Waals surface area contributed by atoms with E-state index in [0.717, 1.165) is 18.4 Å². The number of rotatable bonds is 3. The molecule has 1 saturated carbocycles. The van der Waals surface area contributed by atoms with Gasteiger partial charge >= 0.3 is 6.16 Å². The predicted molar refractivity (Wildman–Crippen MR) is 101 cm³/mol. The van der Waals surface area contributed by atoms with Crippen LogP contribution in [0.15, 0.2) is 48.5 Å². The van der Waals surface area contributed by atoms with Gasteiger partial charge in [0, 0.05) is 5.41 Å². The van der Waals surface area contributed by atoms with Gasteiger partial charge in [-0.3, -0.25) is 0 Å². The molecule has 4 heteroatoms. The molecule has 0 amide bonds. The van der Waals surface area contributed by atoms with Gasteiger partial charge in [0.05, 0.1) is 0 Å². The number of ether oxygens (including phenoxy) is 1. The Bertz CT molecular complexity index is 777. The molecule has 2 N–H and O–H groups in total. The first-order valence-electron chi connectivity index (χ1n) is 9.01. The van der Waals surface area contributed by atoms with Crippen LogP contribution in [-0.2, 0) is 5.41 Å². The van der Waals surface area contributed by atoms with E-state index in [1.54, 1.807) is 24.3 Å². The fourth-order valence-corrected chi connectivity index (χ4v) is 4.90. The lowest BCUT2D eigenvalue weighted by Crippen LogP contribution is -2.41. The average Bonchev–Trinajstić information content (AvgIpc) is 2.53. The standard InChI is InChI=1S/C22H26O4/c1-15-12-21(2,3)14-22(13-15,16-4-8-18(23)9-5-16)17-6-10-19(11-7-17)26-20(24)25/h4-11,15,23H,12-14H2,1-3H3,(H,24,25). The lowest BCUT2D eigenvalue weighted by Gasteiger charge is -2.48. The molecule has 1 fully saturated rings. The fraction of sp³-hybridized carbons (Fsp3) is 0.409. The highest BCUT2D eigenvalue weighted by atomic mass is 16.7. The smallest absolute Gasteiger partial charge is 0.508 e. The third kappa shape index (κ3) is 3.69. The molecule has 1 aliphatic rings. The maximum absolute atomic E-state index is 10.8. The van der Waals surface area contributed by atoms with Crippen molar-refractivity contribution in [3.63, 3.8) is 0 Å². The van der Waals surface area contributed by atoms with Crippen molar-refractivity contribution in [2.24, 2.45) is 11.3 Å². The molecule has 3 rings (SSSR count). The molecule has 4 nitrogen and oxygen atoms in total. The minimum Gasteiger partial charge on any atom is -0.508 e. The topological polar surface area (TPSA) is 66.8 Å². The summed E-state index contributed by atoms with van der Waals surface area (Å²) < 4.78 is 4.76. The first kappa shape index (κ1) is 18.3. The first-order chi connectivity index (χ1) is 12.2. The van der Waals surface area contributed by atoms with Gasteiger partial charge in [-0.1, -0.05) is 45.0 Å². The number of hydrogen-bond acceptors (Lipinski definition) is 3. The molecular weight excluding hydrogens is 328 g/mol. The number of benzene rings is 2. The molecule has 0 heterocycles. The number of phenols is 1. The zero-order valence-corrected chi connectivity index (χ0v) is 15.5. The molecule has 0 saturated heterocycles. The molecule has 26 heavy (non-hydrogen) atoms. The van der Waals surface area contributed by atoms with E-state index in [1.807, 2.05) is 24.3 Å². The summed E-state index contributed by atoms with van der Waals surface area (Å²) in [6, 6.07) is 14.9. The molecule has 2 aromatic rings. The molecule has 0 aromatic heterocycles. The summed E-state index contributed by atoms with van der Waals surface area (Å²) in [6.07, 6.45) is 1.88. The maximum Gasteiger partial charge on any atom is 0.511 e. The molecule has 0 radical (unpaired) electrons. The first-order valence-corrected chi connectivity index (χ1v) is 9.01. The Hall–Kier alpha value is -2.49. The summed E-state index contributed by atoms with van der Waals surface area (Å²) in [7, 11) is 0. The van der Waals surface area contributed by atoms with Crippen LogP contribution in [-0.4, -0.2) is 16.4 Å². The zero-order chi connectivity index (χ0) is 18.9. The highest BCUT2D eigenvalue weighted by molar-refractivity contribution is 5.61. The lowest BCUT2D eigenvalue weighted by atomic mass is 9.55. The second-order valence-corrected chi connectivity index (χ2v) is 8.38. The van der Waals surface area contributed by atoms with E-state index < -0.39 is 6.16 Å². The minimum atomic E-state index is -1.31. The molecule has 0 spiro atoms. The van der Waals surface area contributed by atoms with E-state index in [2.05, 4.69) is 20.8 Å². The van der Waals surface area contributed by atoms with Gasteiger partial charge in [0.2, 0.25) is 0 Å². The molecule has 1 aliphatic carbocycles. The fourth-order valence-electron chi connectivity index (χ4n) is 4.90. The number of hydrogen-bond donors (Lipinski definition) is 2. The zero-order valence-electron chi connectivity index (χ0n) is 15.5. The monoisotopic (exact) mass is 354 g/mol. The van der Waals surface area contributed by atoms with Crippen LogP contribution < -0.4 is 4.74 Å². The van der Waals surface area contributed by atoms with Crippen LogP contribution in [0, 0.1) is 11.3 Å². The lowest BCUT2D eigenvalue weighted by molar-refractivity contribution is 0.127. The Balaban J connectivity index is 2.08. The van der Waals surface area contributed by atoms with Gasteiger partial charge in [0.15, 0.2) is 0 Å². The van der Waals surface area contributed by atoms with Gasteiger partial charge in [0.25, 0.3) is 0 Å². The summed E-state index contributed by atoms with van der Waals surface area (Å²) in [5, 5.41) is 18.5. The Morgan fingerprint density at radius 1 is 1.00 bits per heavy atom. The number of aromatic hydroxyl groups is 1. The van der Waals surface area contributed by atoms with E-state index >= 15 is 0 Å². The minimum absolute atomic E-state index is 0.170. The average molecular weight is 354 g/mol. The van der Waals surface area contributed by atoms with E-state index in [-0.39, 0.29) is 16.6 Å². The van der Waals surface area contributed by atoms with Crippen LogP contribution in [0.3, 0.4) is 0 Å². The third-order valence-corrected chi connectivity index (χ3v) is 5.41. The Morgan fingerprint density at radius 2 is 1.54 bits per heavy atom. The Kier molecular flexibility index (Phi) is 4.70. The summed E-state index contributed by atoms with van der Waals surface area (Å²) in [6.45, 7) is 6.90. The van der Waals surface area contributed by atoms with E-state index in [4.69, 9.17) is 9.84 Å². The van der Waals surface area contributed by atoms with E-state index in [1.165, 1.54) is 12.0 Å². The van der Waals surface area contributed by atoms with Crippen molar-refractivity contribution in [1.29, 1.82) is 0 Å². The highest BCUT2D eigenvalue weighted by Crippen LogP contribution is 2.53. The second-order valence-electron chi connectivity index (χ2n) is 8.38. The van der Waals surface area contributed by atoms with Crippen LogP contribution in [0.25, 0.3) is 0 Å². The van der Waals surface area contributed by atoms with Gasteiger partial charge in [-0.15, -0.1) is 0 Å². The Labute approximate surface area is 154 Å².